The monoisotopic (exact) mass is 648 g/mol. The number of benzene rings is 8. The Balaban J connectivity index is 1.16. The summed E-state index contributed by atoms with van der Waals surface area (Å²) < 4.78 is 10.9. The number of anilines is 6. The van der Waals surface area contributed by atoms with Gasteiger partial charge in [-0.2, -0.15) is 0 Å². The van der Waals surface area contributed by atoms with Crippen molar-refractivity contribution in [2.24, 2.45) is 0 Å². The molecule has 8 aromatic rings. The lowest BCUT2D eigenvalue weighted by Gasteiger charge is -2.27. The number of hydrogen-bond acceptors (Lipinski definition) is 4. The molecule has 0 radical (unpaired) electrons. The van der Waals surface area contributed by atoms with E-state index in [4.69, 9.17) is 9.47 Å². The maximum atomic E-state index is 5.47. The molecule has 0 spiro atoms. The molecule has 0 aliphatic heterocycles. The van der Waals surface area contributed by atoms with Crippen molar-refractivity contribution in [3.63, 3.8) is 0 Å². The van der Waals surface area contributed by atoms with Gasteiger partial charge in [-0.05, 0) is 107 Å². The molecule has 0 heterocycles. The van der Waals surface area contributed by atoms with Crippen LogP contribution in [0.1, 0.15) is 0 Å². The highest BCUT2D eigenvalue weighted by Crippen LogP contribution is 2.42. The van der Waals surface area contributed by atoms with Crippen LogP contribution in [-0.2, 0) is 0 Å². The Morgan fingerprint density at radius 2 is 0.640 bits per heavy atom. The Bertz CT molecular complexity index is 2200. The summed E-state index contributed by atoms with van der Waals surface area (Å²) in [6, 6.07) is 64.1. The zero-order chi connectivity index (χ0) is 33.9. The van der Waals surface area contributed by atoms with Gasteiger partial charge in [0.25, 0.3) is 0 Å². The van der Waals surface area contributed by atoms with E-state index in [2.05, 4.69) is 168 Å². The van der Waals surface area contributed by atoms with Crippen LogP contribution in [0.15, 0.2) is 182 Å². The molecule has 0 aromatic heterocycles. The molecule has 0 amide bonds. The van der Waals surface area contributed by atoms with Gasteiger partial charge in [-0.3, -0.25) is 0 Å². The summed E-state index contributed by atoms with van der Waals surface area (Å²) in [5, 5.41) is 4.79. The van der Waals surface area contributed by atoms with Crippen molar-refractivity contribution in [3.8, 4) is 22.6 Å². The largest absolute Gasteiger partial charge is 0.497 e. The Kier molecular flexibility index (Phi) is 8.34. The van der Waals surface area contributed by atoms with Gasteiger partial charge in [0.15, 0.2) is 0 Å². The summed E-state index contributed by atoms with van der Waals surface area (Å²) in [4.78, 5) is 4.62. The summed E-state index contributed by atoms with van der Waals surface area (Å²) >= 11 is 0. The third kappa shape index (κ3) is 5.88. The predicted molar refractivity (Wildman–Crippen MR) is 209 cm³/mol. The Morgan fingerprint density at radius 1 is 0.320 bits per heavy atom. The van der Waals surface area contributed by atoms with E-state index in [1.807, 2.05) is 24.3 Å². The molecule has 0 fully saturated rings. The summed E-state index contributed by atoms with van der Waals surface area (Å²) in [6.07, 6.45) is 0. The molecular formula is C46H36N2O2. The van der Waals surface area contributed by atoms with Crippen LogP contribution in [0.3, 0.4) is 0 Å². The van der Waals surface area contributed by atoms with Crippen molar-refractivity contribution in [2.75, 3.05) is 24.0 Å². The zero-order valence-corrected chi connectivity index (χ0v) is 28.0. The number of methoxy groups -OCH3 is 2. The van der Waals surface area contributed by atoms with Gasteiger partial charge in [-0.25, -0.2) is 0 Å². The molecule has 0 bridgehead atoms. The molecule has 4 heteroatoms. The van der Waals surface area contributed by atoms with Crippen LogP contribution in [0.4, 0.5) is 34.1 Å². The van der Waals surface area contributed by atoms with Crippen molar-refractivity contribution >= 4 is 55.7 Å². The summed E-state index contributed by atoms with van der Waals surface area (Å²) in [7, 11) is 3.39. The second kappa shape index (κ2) is 13.5. The SMILES string of the molecule is COc1ccc(N(c2ccc(-c3ccc(N(c4ccc(OC)cc4)c4cccc5ccccc45)cc3)cc2)c2cccc3ccccc23)cc1. The van der Waals surface area contributed by atoms with E-state index < -0.39 is 0 Å². The Labute approximate surface area is 293 Å². The number of rotatable bonds is 9. The lowest BCUT2D eigenvalue weighted by molar-refractivity contribution is 0.414. The third-order valence-electron chi connectivity index (χ3n) is 9.26. The number of ether oxygens (including phenoxy) is 2. The lowest BCUT2D eigenvalue weighted by atomic mass is 10.0. The normalized spacial score (nSPS) is 11.0. The molecule has 0 atom stereocenters. The Morgan fingerprint density at radius 3 is 1.00 bits per heavy atom. The van der Waals surface area contributed by atoms with Crippen molar-refractivity contribution in [2.45, 2.75) is 0 Å². The van der Waals surface area contributed by atoms with Crippen LogP contribution in [0, 0.1) is 0 Å². The first-order valence-electron chi connectivity index (χ1n) is 16.7. The van der Waals surface area contributed by atoms with Crippen LogP contribution < -0.4 is 19.3 Å². The first-order valence-corrected chi connectivity index (χ1v) is 16.7. The molecule has 242 valence electrons. The molecule has 0 saturated carbocycles. The van der Waals surface area contributed by atoms with E-state index >= 15 is 0 Å². The fourth-order valence-electron chi connectivity index (χ4n) is 6.73. The number of nitrogens with zero attached hydrogens (tertiary/aromatic N) is 2. The fraction of sp³-hybridized carbons (Fsp3) is 0.0435. The quantitative estimate of drug-likeness (QED) is 0.155. The maximum Gasteiger partial charge on any atom is 0.119 e. The number of hydrogen-bond donors (Lipinski definition) is 0. The van der Waals surface area contributed by atoms with Crippen LogP contribution in [0.25, 0.3) is 32.7 Å². The average Bonchev–Trinajstić information content (AvgIpc) is 3.19. The minimum absolute atomic E-state index is 0.830. The first kappa shape index (κ1) is 30.8. The molecular weight excluding hydrogens is 613 g/mol. The first-order chi connectivity index (χ1) is 24.7. The van der Waals surface area contributed by atoms with Gasteiger partial charge in [0.1, 0.15) is 11.5 Å². The second-order valence-electron chi connectivity index (χ2n) is 12.2. The minimum Gasteiger partial charge on any atom is -0.497 e. The molecule has 0 unspecified atom stereocenters. The fourth-order valence-corrected chi connectivity index (χ4v) is 6.73. The van der Waals surface area contributed by atoms with Crippen molar-refractivity contribution in [1.82, 2.24) is 0 Å². The maximum absolute atomic E-state index is 5.47. The van der Waals surface area contributed by atoms with E-state index in [9.17, 15) is 0 Å². The van der Waals surface area contributed by atoms with E-state index in [0.29, 0.717) is 0 Å². The summed E-state index contributed by atoms with van der Waals surface area (Å²) in [5.74, 6) is 1.66. The third-order valence-corrected chi connectivity index (χ3v) is 9.26. The van der Waals surface area contributed by atoms with E-state index in [1.54, 1.807) is 14.2 Å². The summed E-state index contributed by atoms with van der Waals surface area (Å²) in [6.45, 7) is 0. The molecule has 0 saturated heterocycles. The van der Waals surface area contributed by atoms with Crippen molar-refractivity contribution in [3.05, 3.63) is 182 Å². The number of fused-ring (bicyclic) bond motifs is 2. The zero-order valence-electron chi connectivity index (χ0n) is 28.0. The topological polar surface area (TPSA) is 24.9 Å². The van der Waals surface area contributed by atoms with Gasteiger partial charge in [0.2, 0.25) is 0 Å². The smallest absolute Gasteiger partial charge is 0.119 e. The standard InChI is InChI=1S/C46H36N2O2/c1-49-41-29-25-39(26-30-41)47(45-15-7-11-35-9-3-5-13-43(35)45)37-21-17-33(18-22-37)34-19-23-38(24-20-34)48(40-27-31-42(50-2)32-28-40)46-16-8-12-36-10-4-6-14-44(36)46/h3-32H,1-2H3. The molecule has 4 nitrogen and oxygen atoms in total. The van der Waals surface area contributed by atoms with Gasteiger partial charge in [0.05, 0.1) is 25.6 Å². The van der Waals surface area contributed by atoms with Gasteiger partial charge in [0, 0.05) is 33.5 Å². The highest BCUT2D eigenvalue weighted by molar-refractivity contribution is 6.00. The molecule has 8 aromatic carbocycles. The van der Waals surface area contributed by atoms with E-state index in [1.165, 1.54) is 21.5 Å². The van der Waals surface area contributed by atoms with Gasteiger partial charge < -0.3 is 19.3 Å². The van der Waals surface area contributed by atoms with Gasteiger partial charge in [-0.1, -0.05) is 97.1 Å². The molecule has 50 heavy (non-hydrogen) atoms. The predicted octanol–water partition coefficient (Wildman–Crippen LogP) is 12.6. The van der Waals surface area contributed by atoms with E-state index in [-0.39, 0.29) is 0 Å². The van der Waals surface area contributed by atoms with Crippen LogP contribution in [-0.4, -0.2) is 14.2 Å². The van der Waals surface area contributed by atoms with Crippen molar-refractivity contribution < 1.29 is 9.47 Å². The molecule has 0 aliphatic carbocycles. The lowest BCUT2D eigenvalue weighted by Crippen LogP contribution is -2.10. The molecule has 0 aliphatic rings. The molecule has 0 N–H and O–H groups in total. The van der Waals surface area contributed by atoms with Crippen LogP contribution in [0.2, 0.25) is 0 Å². The highest BCUT2D eigenvalue weighted by Gasteiger charge is 2.17. The van der Waals surface area contributed by atoms with Gasteiger partial charge >= 0.3 is 0 Å². The highest BCUT2D eigenvalue weighted by atomic mass is 16.5. The van der Waals surface area contributed by atoms with Crippen LogP contribution >= 0.6 is 0 Å². The van der Waals surface area contributed by atoms with Gasteiger partial charge in [-0.15, -0.1) is 0 Å². The van der Waals surface area contributed by atoms with E-state index in [0.717, 1.165) is 56.8 Å². The molecule has 8 rings (SSSR count). The minimum atomic E-state index is 0.830. The average molecular weight is 649 g/mol. The van der Waals surface area contributed by atoms with Crippen LogP contribution in [0.5, 0.6) is 11.5 Å². The second-order valence-corrected chi connectivity index (χ2v) is 12.2. The summed E-state index contributed by atoms with van der Waals surface area (Å²) in [5.41, 5.74) is 8.82. The van der Waals surface area contributed by atoms with Crippen molar-refractivity contribution in [1.29, 1.82) is 0 Å². The Hall–Kier alpha value is -6.52.